The van der Waals surface area contributed by atoms with Crippen LogP contribution in [0.3, 0.4) is 0 Å². The lowest BCUT2D eigenvalue weighted by molar-refractivity contribution is -0.136. The highest BCUT2D eigenvalue weighted by Gasteiger charge is 2.35. The number of carbonyl (C=O) groups excluding carboxylic acids is 3. The standard InChI is InChI=1S/C29H34N2O5/c1-29(2,3)36-28(34)31(16-17-32)25(19-21-14-15-22-10-6-7-11-23(22)18-21)27(33)30(4)20-24-12-8-9-13-26(24)35-5/h6-15,17-18,25H,16,19-20H2,1-5H3. The first-order chi connectivity index (χ1) is 17.1. The molecule has 0 bridgehead atoms. The number of ether oxygens (including phenoxy) is 2. The van der Waals surface area contributed by atoms with Gasteiger partial charge in [0.2, 0.25) is 5.91 Å². The van der Waals surface area contributed by atoms with Crippen LogP contribution in [0.25, 0.3) is 10.8 Å². The molecule has 0 radical (unpaired) electrons. The molecule has 3 aromatic rings. The van der Waals surface area contributed by atoms with Crippen molar-refractivity contribution < 1.29 is 23.9 Å². The first-order valence-corrected chi connectivity index (χ1v) is 11.9. The van der Waals surface area contributed by atoms with Crippen LogP contribution in [0.5, 0.6) is 5.75 Å². The fourth-order valence-corrected chi connectivity index (χ4v) is 4.07. The van der Waals surface area contributed by atoms with Gasteiger partial charge in [0.05, 0.1) is 13.7 Å². The molecule has 36 heavy (non-hydrogen) atoms. The first-order valence-electron chi connectivity index (χ1n) is 11.9. The number of hydrogen-bond donors (Lipinski definition) is 0. The molecule has 0 aromatic heterocycles. The van der Waals surface area contributed by atoms with E-state index in [1.54, 1.807) is 39.8 Å². The smallest absolute Gasteiger partial charge is 0.411 e. The molecule has 0 N–H and O–H groups in total. The van der Waals surface area contributed by atoms with Crippen molar-refractivity contribution in [2.75, 3.05) is 20.7 Å². The molecule has 0 aliphatic heterocycles. The van der Waals surface area contributed by atoms with Gasteiger partial charge in [0.1, 0.15) is 23.7 Å². The summed E-state index contributed by atoms with van der Waals surface area (Å²) >= 11 is 0. The van der Waals surface area contributed by atoms with Crippen LogP contribution >= 0.6 is 0 Å². The quantitative estimate of drug-likeness (QED) is 0.401. The minimum absolute atomic E-state index is 0.229. The van der Waals surface area contributed by atoms with E-state index in [4.69, 9.17) is 9.47 Å². The van der Waals surface area contributed by atoms with Crippen LogP contribution in [-0.4, -0.2) is 60.4 Å². The summed E-state index contributed by atoms with van der Waals surface area (Å²) in [4.78, 5) is 41.3. The summed E-state index contributed by atoms with van der Waals surface area (Å²) in [7, 11) is 3.26. The lowest BCUT2D eigenvalue weighted by Gasteiger charge is -2.34. The van der Waals surface area contributed by atoms with Crippen molar-refractivity contribution in [3.8, 4) is 5.75 Å². The van der Waals surface area contributed by atoms with Gasteiger partial charge < -0.3 is 19.2 Å². The molecular formula is C29H34N2O5. The molecule has 0 saturated carbocycles. The minimum Gasteiger partial charge on any atom is -0.496 e. The Labute approximate surface area is 212 Å². The average Bonchev–Trinajstić information content (AvgIpc) is 2.84. The summed E-state index contributed by atoms with van der Waals surface area (Å²) in [5, 5.41) is 2.11. The maximum absolute atomic E-state index is 13.8. The van der Waals surface area contributed by atoms with Gasteiger partial charge in [0, 0.05) is 25.6 Å². The van der Waals surface area contributed by atoms with Crippen LogP contribution in [0.4, 0.5) is 4.79 Å². The van der Waals surface area contributed by atoms with Crippen LogP contribution in [0, 0.1) is 0 Å². The zero-order valence-electron chi connectivity index (χ0n) is 21.6. The summed E-state index contributed by atoms with van der Waals surface area (Å²) in [6.45, 7) is 5.26. The third-order valence-corrected chi connectivity index (χ3v) is 5.78. The number of aldehydes is 1. The van der Waals surface area contributed by atoms with Crippen LogP contribution in [-0.2, 0) is 27.3 Å². The van der Waals surface area contributed by atoms with Gasteiger partial charge >= 0.3 is 6.09 Å². The molecule has 2 amide bonds. The number of hydrogen-bond acceptors (Lipinski definition) is 5. The molecule has 0 heterocycles. The van der Waals surface area contributed by atoms with Gasteiger partial charge in [-0.1, -0.05) is 60.7 Å². The Kier molecular flexibility index (Phi) is 8.69. The Morgan fingerprint density at radius 3 is 2.31 bits per heavy atom. The molecule has 7 heteroatoms. The second-order valence-electron chi connectivity index (χ2n) is 9.71. The monoisotopic (exact) mass is 490 g/mol. The number of likely N-dealkylation sites (N-methyl/N-ethyl adjacent to an activating group) is 1. The van der Waals surface area contributed by atoms with Gasteiger partial charge in [-0.05, 0) is 43.2 Å². The predicted molar refractivity (Wildman–Crippen MR) is 140 cm³/mol. The Balaban J connectivity index is 1.96. The third kappa shape index (κ3) is 6.84. The second kappa shape index (κ2) is 11.7. The Bertz CT molecular complexity index is 1220. The third-order valence-electron chi connectivity index (χ3n) is 5.78. The lowest BCUT2D eigenvalue weighted by atomic mass is 9.99. The zero-order valence-corrected chi connectivity index (χ0v) is 21.6. The molecule has 190 valence electrons. The number of methoxy groups -OCH3 is 1. The highest BCUT2D eigenvalue weighted by atomic mass is 16.6. The average molecular weight is 491 g/mol. The zero-order chi connectivity index (χ0) is 26.3. The number of benzene rings is 3. The van der Waals surface area contributed by atoms with E-state index in [0.29, 0.717) is 12.0 Å². The molecule has 1 atom stereocenters. The number of rotatable bonds is 9. The summed E-state index contributed by atoms with van der Waals surface area (Å²) in [5.41, 5.74) is 0.926. The maximum Gasteiger partial charge on any atom is 0.411 e. The predicted octanol–water partition coefficient (Wildman–Crippen LogP) is 4.85. The summed E-state index contributed by atoms with van der Waals surface area (Å²) < 4.78 is 11.0. The van der Waals surface area contributed by atoms with E-state index in [-0.39, 0.29) is 25.4 Å². The van der Waals surface area contributed by atoms with Crippen molar-refractivity contribution >= 4 is 29.1 Å². The summed E-state index contributed by atoms with van der Waals surface area (Å²) in [5.74, 6) is 0.363. The van der Waals surface area contributed by atoms with E-state index in [2.05, 4.69) is 0 Å². The Hall–Kier alpha value is -3.87. The Morgan fingerprint density at radius 1 is 0.972 bits per heavy atom. The van der Waals surface area contributed by atoms with Crippen molar-refractivity contribution in [1.82, 2.24) is 9.80 Å². The van der Waals surface area contributed by atoms with Crippen molar-refractivity contribution in [2.45, 2.75) is 45.4 Å². The summed E-state index contributed by atoms with van der Waals surface area (Å²) in [6.07, 6.45) is 0.136. The Morgan fingerprint density at radius 2 is 1.64 bits per heavy atom. The van der Waals surface area contributed by atoms with Crippen LogP contribution in [0.1, 0.15) is 31.9 Å². The molecule has 0 saturated heterocycles. The molecule has 0 aliphatic rings. The molecular weight excluding hydrogens is 456 g/mol. The summed E-state index contributed by atoms with van der Waals surface area (Å²) in [6, 6.07) is 20.4. The largest absolute Gasteiger partial charge is 0.496 e. The SMILES string of the molecule is COc1ccccc1CN(C)C(=O)C(Cc1ccc2ccccc2c1)N(CC=O)C(=O)OC(C)(C)C. The number of para-hydroxylation sites is 1. The lowest BCUT2D eigenvalue weighted by Crippen LogP contribution is -2.52. The maximum atomic E-state index is 13.8. The molecule has 0 spiro atoms. The molecule has 3 aromatic carbocycles. The fraction of sp³-hybridized carbons (Fsp3) is 0.345. The van der Waals surface area contributed by atoms with Gasteiger partial charge in [-0.25, -0.2) is 4.79 Å². The van der Waals surface area contributed by atoms with Crippen molar-refractivity contribution in [3.63, 3.8) is 0 Å². The van der Waals surface area contributed by atoms with Crippen LogP contribution in [0.15, 0.2) is 66.7 Å². The van der Waals surface area contributed by atoms with E-state index in [0.717, 1.165) is 21.9 Å². The molecule has 0 fully saturated rings. The van der Waals surface area contributed by atoms with Gasteiger partial charge in [-0.2, -0.15) is 0 Å². The van der Waals surface area contributed by atoms with Gasteiger partial charge in [-0.15, -0.1) is 0 Å². The van der Waals surface area contributed by atoms with E-state index < -0.39 is 17.7 Å². The highest BCUT2D eigenvalue weighted by Crippen LogP contribution is 2.23. The number of nitrogens with zero attached hydrogens (tertiary/aromatic N) is 2. The van der Waals surface area contributed by atoms with Crippen molar-refractivity contribution in [3.05, 3.63) is 77.9 Å². The number of amides is 2. The van der Waals surface area contributed by atoms with Crippen LogP contribution in [0.2, 0.25) is 0 Å². The van der Waals surface area contributed by atoms with E-state index in [1.165, 1.54) is 4.90 Å². The topological polar surface area (TPSA) is 76.2 Å². The number of fused-ring (bicyclic) bond motifs is 1. The van der Waals surface area contributed by atoms with E-state index in [1.807, 2.05) is 66.7 Å². The number of carbonyl (C=O) groups is 3. The van der Waals surface area contributed by atoms with Gasteiger partial charge in [0.15, 0.2) is 0 Å². The van der Waals surface area contributed by atoms with Crippen molar-refractivity contribution in [2.24, 2.45) is 0 Å². The molecule has 0 aliphatic carbocycles. The first kappa shape index (κ1) is 26.7. The van der Waals surface area contributed by atoms with Crippen LogP contribution < -0.4 is 4.74 Å². The second-order valence-corrected chi connectivity index (χ2v) is 9.71. The minimum atomic E-state index is -0.939. The highest BCUT2D eigenvalue weighted by molar-refractivity contribution is 5.88. The van der Waals surface area contributed by atoms with Gasteiger partial charge in [0.25, 0.3) is 0 Å². The molecule has 3 rings (SSSR count). The molecule has 7 nitrogen and oxygen atoms in total. The normalized spacial score (nSPS) is 12.0. The van der Waals surface area contributed by atoms with E-state index >= 15 is 0 Å². The van der Waals surface area contributed by atoms with Gasteiger partial charge in [-0.3, -0.25) is 9.69 Å². The molecule has 1 unspecified atom stereocenters. The van der Waals surface area contributed by atoms with E-state index in [9.17, 15) is 14.4 Å². The van der Waals surface area contributed by atoms with Crippen molar-refractivity contribution in [1.29, 1.82) is 0 Å². The fourth-order valence-electron chi connectivity index (χ4n) is 4.07.